The zero-order valence-electron chi connectivity index (χ0n) is 10.9. The van der Waals surface area contributed by atoms with Crippen molar-refractivity contribution in [3.8, 4) is 5.75 Å². The lowest BCUT2D eigenvalue weighted by Gasteiger charge is -2.32. The van der Waals surface area contributed by atoms with Gasteiger partial charge in [-0.3, -0.25) is 4.79 Å². The van der Waals surface area contributed by atoms with Gasteiger partial charge in [0.1, 0.15) is 5.75 Å². The van der Waals surface area contributed by atoms with Gasteiger partial charge in [0.15, 0.2) is 0 Å². The first kappa shape index (κ1) is 14.4. The molecule has 1 heterocycles. The Morgan fingerprint density at radius 1 is 1.42 bits per heavy atom. The van der Waals surface area contributed by atoms with Gasteiger partial charge >= 0.3 is 0 Å². The van der Waals surface area contributed by atoms with E-state index in [1.165, 1.54) is 7.11 Å². The summed E-state index contributed by atoms with van der Waals surface area (Å²) in [6.45, 7) is 4.18. The van der Waals surface area contributed by atoms with Crippen molar-refractivity contribution in [3.63, 3.8) is 0 Å². The van der Waals surface area contributed by atoms with E-state index in [9.17, 15) is 4.79 Å². The summed E-state index contributed by atoms with van der Waals surface area (Å²) in [5.41, 5.74) is 0.450. The van der Waals surface area contributed by atoms with E-state index < -0.39 is 0 Å². The van der Waals surface area contributed by atoms with Gasteiger partial charge < -0.3 is 15.0 Å². The van der Waals surface area contributed by atoms with Crippen molar-refractivity contribution in [1.29, 1.82) is 0 Å². The van der Waals surface area contributed by atoms with Crippen LogP contribution in [0, 0.1) is 0 Å². The highest BCUT2D eigenvalue weighted by Gasteiger charge is 2.24. The third kappa shape index (κ3) is 3.14. The first-order valence-electron chi connectivity index (χ1n) is 6.08. The molecular formula is C13H16Cl2N2O2. The van der Waals surface area contributed by atoms with Gasteiger partial charge in [0.25, 0.3) is 5.91 Å². The minimum absolute atomic E-state index is 0.0798. The Balaban J connectivity index is 2.30. The highest BCUT2D eigenvalue weighted by molar-refractivity contribution is 6.42. The summed E-state index contributed by atoms with van der Waals surface area (Å²) < 4.78 is 5.21. The molecule has 1 unspecified atom stereocenters. The maximum absolute atomic E-state index is 12.5. The van der Waals surface area contributed by atoms with Gasteiger partial charge in [-0.05, 0) is 13.0 Å². The minimum atomic E-state index is -0.0798. The molecule has 0 saturated carbocycles. The average molecular weight is 303 g/mol. The molecule has 2 rings (SSSR count). The number of carbonyl (C=O) groups is 1. The summed E-state index contributed by atoms with van der Waals surface area (Å²) in [4.78, 5) is 14.3. The van der Waals surface area contributed by atoms with Crippen LogP contribution in [0.3, 0.4) is 0 Å². The smallest absolute Gasteiger partial charge is 0.257 e. The normalized spacial score (nSPS) is 19.4. The maximum Gasteiger partial charge on any atom is 0.257 e. The molecule has 0 aromatic heterocycles. The average Bonchev–Trinajstić information content (AvgIpc) is 2.40. The molecule has 0 bridgehead atoms. The Kier molecular flexibility index (Phi) is 4.55. The van der Waals surface area contributed by atoms with Crippen LogP contribution in [-0.4, -0.2) is 43.6 Å². The molecular weight excluding hydrogens is 287 g/mol. The molecule has 1 aromatic carbocycles. The third-order valence-electron chi connectivity index (χ3n) is 3.13. The quantitative estimate of drug-likeness (QED) is 0.912. The molecule has 1 saturated heterocycles. The largest absolute Gasteiger partial charge is 0.496 e. The van der Waals surface area contributed by atoms with Crippen molar-refractivity contribution >= 4 is 29.1 Å². The molecule has 0 spiro atoms. The molecule has 0 aliphatic carbocycles. The number of ether oxygens (including phenoxy) is 1. The lowest BCUT2D eigenvalue weighted by molar-refractivity contribution is 0.0705. The predicted octanol–water partition coefficient (Wildman–Crippen LogP) is 2.44. The fraction of sp³-hybridized carbons (Fsp3) is 0.462. The molecule has 1 amide bonds. The summed E-state index contributed by atoms with van der Waals surface area (Å²) >= 11 is 11.9. The van der Waals surface area contributed by atoms with Crippen molar-refractivity contribution in [1.82, 2.24) is 10.2 Å². The fourth-order valence-electron chi connectivity index (χ4n) is 2.15. The molecule has 104 valence electrons. The Labute approximate surface area is 122 Å². The van der Waals surface area contributed by atoms with Crippen LogP contribution in [0.2, 0.25) is 10.0 Å². The van der Waals surface area contributed by atoms with E-state index in [0.717, 1.165) is 6.54 Å². The SMILES string of the molecule is COc1cc(Cl)c(Cl)cc1C(=O)N1CCNC(C)C1. The van der Waals surface area contributed by atoms with E-state index in [2.05, 4.69) is 5.32 Å². The number of carbonyl (C=O) groups excluding carboxylic acids is 1. The van der Waals surface area contributed by atoms with Crippen LogP contribution in [0.25, 0.3) is 0 Å². The van der Waals surface area contributed by atoms with Gasteiger partial charge in [0.2, 0.25) is 0 Å². The number of nitrogens with zero attached hydrogens (tertiary/aromatic N) is 1. The molecule has 1 N–H and O–H groups in total. The van der Waals surface area contributed by atoms with E-state index in [1.54, 1.807) is 17.0 Å². The standard InChI is InChI=1S/C13H16Cl2N2O2/c1-8-7-17(4-3-16-8)13(18)9-5-10(14)11(15)6-12(9)19-2/h5-6,8,16H,3-4,7H2,1-2H3. The maximum atomic E-state index is 12.5. The van der Waals surface area contributed by atoms with Gasteiger partial charge in [-0.15, -0.1) is 0 Å². The number of rotatable bonds is 2. The van der Waals surface area contributed by atoms with E-state index >= 15 is 0 Å². The van der Waals surface area contributed by atoms with Crippen molar-refractivity contribution in [3.05, 3.63) is 27.7 Å². The number of benzene rings is 1. The Morgan fingerprint density at radius 3 is 2.74 bits per heavy atom. The van der Waals surface area contributed by atoms with Crippen LogP contribution in [0.15, 0.2) is 12.1 Å². The summed E-state index contributed by atoms with van der Waals surface area (Å²) in [7, 11) is 1.51. The fourth-order valence-corrected chi connectivity index (χ4v) is 2.47. The van der Waals surface area contributed by atoms with Crippen molar-refractivity contribution < 1.29 is 9.53 Å². The summed E-state index contributed by atoms with van der Waals surface area (Å²) in [5.74, 6) is 0.370. The second-order valence-corrected chi connectivity index (χ2v) is 5.39. The highest BCUT2D eigenvalue weighted by Crippen LogP contribution is 2.31. The van der Waals surface area contributed by atoms with Crippen LogP contribution in [0.5, 0.6) is 5.75 Å². The zero-order valence-corrected chi connectivity index (χ0v) is 12.4. The summed E-state index contributed by atoms with van der Waals surface area (Å²) in [5, 5.41) is 4.03. The molecule has 1 fully saturated rings. The molecule has 19 heavy (non-hydrogen) atoms. The number of hydrogen-bond donors (Lipinski definition) is 1. The molecule has 1 atom stereocenters. The monoisotopic (exact) mass is 302 g/mol. The lowest BCUT2D eigenvalue weighted by atomic mass is 10.1. The highest BCUT2D eigenvalue weighted by atomic mass is 35.5. The van der Waals surface area contributed by atoms with E-state index in [1.807, 2.05) is 6.92 Å². The Morgan fingerprint density at radius 2 is 2.11 bits per heavy atom. The number of methoxy groups -OCH3 is 1. The van der Waals surface area contributed by atoms with Crippen molar-refractivity contribution in [2.45, 2.75) is 13.0 Å². The third-order valence-corrected chi connectivity index (χ3v) is 3.85. The van der Waals surface area contributed by atoms with Crippen LogP contribution < -0.4 is 10.1 Å². The predicted molar refractivity (Wildman–Crippen MR) is 76.4 cm³/mol. The van der Waals surface area contributed by atoms with E-state index in [4.69, 9.17) is 27.9 Å². The Hall–Kier alpha value is -0.970. The molecule has 6 heteroatoms. The minimum Gasteiger partial charge on any atom is -0.496 e. The molecule has 1 aliphatic rings. The van der Waals surface area contributed by atoms with Gasteiger partial charge in [-0.25, -0.2) is 0 Å². The van der Waals surface area contributed by atoms with Crippen LogP contribution >= 0.6 is 23.2 Å². The second-order valence-electron chi connectivity index (χ2n) is 4.57. The summed E-state index contributed by atoms with van der Waals surface area (Å²) in [6, 6.07) is 3.42. The van der Waals surface area contributed by atoms with Crippen LogP contribution in [-0.2, 0) is 0 Å². The van der Waals surface area contributed by atoms with E-state index in [0.29, 0.717) is 34.4 Å². The number of piperazine rings is 1. The molecule has 4 nitrogen and oxygen atoms in total. The van der Waals surface area contributed by atoms with Crippen molar-refractivity contribution in [2.75, 3.05) is 26.7 Å². The number of amides is 1. The zero-order chi connectivity index (χ0) is 14.0. The van der Waals surface area contributed by atoms with Gasteiger partial charge in [0.05, 0.1) is 22.7 Å². The van der Waals surface area contributed by atoms with Crippen LogP contribution in [0.1, 0.15) is 17.3 Å². The number of halogens is 2. The van der Waals surface area contributed by atoms with Gasteiger partial charge in [-0.1, -0.05) is 23.2 Å². The molecule has 0 radical (unpaired) electrons. The van der Waals surface area contributed by atoms with Gasteiger partial charge in [-0.2, -0.15) is 0 Å². The molecule has 1 aromatic rings. The topological polar surface area (TPSA) is 41.6 Å². The summed E-state index contributed by atoms with van der Waals surface area (Å²) in [6.07, 6.45) is 0. The lowest BCUT2D eigenvalue weighted by Crippen LogP contribution is -2.51. The first-order valence-corrected chi connectivity index (χ1v) is 6.84. The van der Waals surface area contributed by atoms with Crippen molar-refractivity contribution in [2.24, 2.45) is 0 Å². The first-order chi connectivity index (χ1) is 9.02. The van der Waals surface area contributed by atoms with E-state index in [-0.39, 0.29) is 11.9 Å². The van der Waals surface area contributed by atoms with Crippen LogP contribution in [0.4, 0.5) is 0 Å². The number of nitrogens with one attached hydrogen (secondary N) is 1. The molecule has 1 aliphatic heterocycles. The second kappa shape index (κ2) is 5.99. The number of hydrogen-bond acceptors (Lipinski definition) is 3. The Bertz CT molecular complexity index is 494. The van der Waals surface area contributed by atoms with Gasteiger partial charge in [0, 0.05) is 31.7 Å².